The minimum atomic E-state index is 0.0201. The zero-order valence-corrected chi connectivity index (χ0v) is 23.8. The van der Waals surface area contributed by atoms with Gasteiger partial charge in [0.05, 0.1) is 24.9 Å². The van der Waals surface area contributed by atoms with Crippen LogP contribution in [0.5, 0.6) is 0 Å². The van der Waals surface area contributed by atoms with Crippen molar-refractivity contribution in [2.75, 3.05) is 64.1 Å². The summed E-state index contributed by atoms with van der Waals surface area (Å²) in [5.74, 6) is 0.769. The Hall–Kier alpha value is -3.87. The number of carbonyl (C=O) groups is 1. The summed E-state index contributed by atoms with van der Waals surface area (Å²) in [5.41, 5.74) is 9.72. The zero-order valence-electron chi connectivity index (χ0n) is 23.8. The van der Waals surface area contributed by atoms with E-state index >= 15 is 0 Å². The van der Waals surface area contributed by atoms with E-state index in [4.69, 9.17) is 10.5 Å². The van der Waals surface area contributed by atoms with Crippen molar-refractivity contribution < 1.29 is 14.6 Å². The van der Waals surface area contributed by atoms with Crippen LogP contribution in [0.1, 0.15) is 42.1 Å². The first-order valence-electron chi connectivity index (χ1n) is 14.3. The molecule has 1 saturated heterocycles. The highest BCUT2D eigenvalue weighted by molar-refractivity contribution is 6.07. The number of aliphatic hydroxyl groups excluding tert-OH is 1. The second kappa shape index (κ2) is 13.2. The van der Waals surface area contributed by atoms with Gasteiger partial charge in [0.15, 0.2) is 5.82 Å². The Bertz CT molecular complexity index is 1480. The number of benzene rings is 1. The molecule has 1 amide bonds. The molecular weight excluding hydrogens is 522 g/mol. The molecular formula is C29H39N9O3. The first-order valence-corrected chi connectivity index (χ1v) is 14.3. The Kier molecular flexibility index (Phi) is 9.22. The van der Waals surface area contributed by atoms with Crippen LogP contribution in [0.2, 0.25) is 0 Å². The van der Waals surface area contributed by atoms with E-state index in [0.29, 0.717) is 49.6 Å². The molecule has 0 spiro atoms. The summed E-state index contributed by atoms with van der Waals surface area (Å²) < 4.78 is 7.03. The van der Waals surface area contributed by atoms with Gasteiger partial charge >= 0.3 is 0 Å². The number of aliphatic hydroxyl groups is 1. The Morgan fingerprint density at radius 2 is 2.00 bits per heavy atom. The van der Waals surface area contributed by atoms with Crippen molar-refractivity contribution >= 4 is 39.6 Å². The highest BCUT2D eigenvalue weighted by Crippen LogP contribution is 2.27. The number of methoxy groups -OCH3 is 1. The number of hydrogen-bond donors (Lipinski definition) is 3. The van der Waals surface area contributed by atoms with Crippen LogP contribution in [0.15, 0.2) is 36.7 Å². The Balaban J connectivity index is 1.43. The molecule has 1 fully saturated rings. The van der Waals surface area contributed by atoms with E-state index in [0.717, 1.165) is 54.5 Å². The number of rotatable bonds is 12. The summed E-state index contributed by atoms with van der Waals surface area (Å²) in [6.07, 6.45) is 5.87. The largest absolute Gasteiger partial charge is 0.396 e. The molecule has 4 aromatic rings. The van der Waals surface area contributed by atoms with Gasteiger partial charge in [0, 0.05) is 69.6 Å². The van der Waals surface area contributed by atoms with Gasteiger partial charge in [-0.3, -0.25) is 19.4 Å². The highest BCUT2D eigenvalue weighted by Gasteiger charge is 2.24. The zero-order chi connectivity index (χ0) is 28.8. The van der Waals surface area contributed by atoms with Crippen molar-refractivity contribution in [3.63, 3.8) is 0 Å². The number of amides is 1. The standard InChI is InChI=1S/C29H39N9O3/c1-3-5-21(9-16-39)33-27-26-24(34-29(30)35-27)18-32-38(26)19-20-7-8-23(22-6-4-10-31-25(20)22)28(40)37-13-11-36(12-14-37)15-17-41-2/h4,6-8,10,18,21,39H,3,5,9,11-17,19H2,1-2H3,(H3,30,33,34,35)/t21-/m0/s1. The maximum atomic E-state index is 13.6. The number of hydrogen-bond acceptors (Lipinski definition) is 10. The van der Waals surface area contributed by atoms with Crippen LogP contribution >= 0.6 is 0 Å². The van der Waals surface area contributed by atoms with E-state index in [2.05, 4.69) is 37.2 Å². The molecule has 1 aromatic carbocycles. The van der Waals surface area contributed by atoms with Crippen molar-refractivity contribution in [3.8, 4) is 0 Å². The van der Waals surface area contributed by atoms with E-state index in [1.807, 2.05) is 33.8 Å². The molecule has 218 valence electrons. The molecule has 0 unspecified atom stereocenters. The molecule has 5 rings (SSSR count). The van der Waals surface area contributed by atoms with Crippen molar-refractivity contribution in [2.24, 2.45) is 0 Å². The maximum Gasteiger partial charge on any atom is 0.254 e. The van der Waals surface area contributed by atoms with E-state index in [1.165, 1.54) is 0 Å². The maximum absolute atomic E-state index is 13.6. The Morgan fingerprint density at radius 1 is 1.17 bits per heavy atom. The topological polar surface area (TPSA) is 148 Å². The van der Waals surface area contributed by atoms with Gasteiger partial charge in [-0.1, -0.05) is 25.5 Å². The third kappa shape index (κ3) is 6.39. The fourth-order valence-corrected chi connectivity index (χ4v) is 5.50. The smallest absolute Gasteiger partial charge is 0.254 e. The van der Waals surface area contributed by atoms with E-state index in [9.17, 15) is 9.90 Å². The van der Waals surface area contributed by atoms with Crippen molar-refractivity contribution in [3.05, 3.63) is 47.8 Å². The second-order valence-electron chi connectivity index (χ2n) is 10.4. The van der Waals surface area contributed by atoms with Gasteiger partial charge in [-0.2, -0.15) is 10.1 Å². The number of nitrogen functional groups attached to an aromatic ring is 1. The van der Waals surface area contributed by atoms with Crippen LogP contribution in [0.4, 0.5) is 11.8 Å². The normalized spacial score (nSPS) is 15.0. The number of pyridine rings is 1. The molecule has 0 aliphatic carbocycles. The van der Waals surface area contributed by atoms with Gasteiger partial charge in [0.2, 0.25) is 5.95 Å². The quantitative estimate of drug-likeness (QED) is 0.235. The third-order valence-corrected chi connectivity index (χ3v) is 7.64. The molecule has 0 saturated carbocycles. The molecule has 0 bridgehead atoms. The number of nitrogens with zero attached hydrogens (tertiary/aromatic N) is 7. The Labute approximate surface area is 239 Å². The van der Waals surface area contributed by atoms with Crippen LogP contribution < -0.4 is 11.1 Å². The summed E-state index contributed by atoms with van der Waals surface area (Å²) in [6, 6.07) is 7.72. The lowest BCUT2D eigenvalue weighted by Crippen LogP contribution is -2.49. The molecule has 1 aliphatic heterocycles. The number of ether oxygens (including phenoxy) is 1. The SMILES string of the molecule is CCC[C@@H](CCO)Nc1nc(N)nc2cnn(Cc3ccc(C(=O)N4CCN(CCOC)CC4)c4cccnc34)c12. The molecule has 41 heavy (non-hydrogen) atoms. The molecule has 3 aromatic heterocycles. The molecule has 4 N–H and O–H groups in total. The number of carbonyl (C=O) groups excluding carboxylic acids is 1. The molecule has 0 radical (unpaired) electrons. The van der Waals surface area contributed by atoms with Gasteiger partial charge in [0.25, 0.3) is 5.91 Å². The molecule has 1 atom stereocenters. The van der Waals surface area contributed by atoms with Gasteiger partial charge in [0.1, 0.15) is 11.0 Å². The fraction of sp³-hybridized carbons (Fsp3) is 0.483. The Morgan fingerprint density at radius 3 is 2.76 bits per heavy atom. The predicted molar refractivity (Wildman–Crippen MR) is 159 cm³/mol. The molecule has 12 heteroatoms. The lowest BCUT2D eigenvalue weighted by atomic mass is 10.0. The first kappa shape index (κ1) is 28.7. The number of nitrogens with two attached hydrogens (primary N) is 1. The molecule has 4 heterocycles. The molecule has 12 nitrogen and oxygen atoms in total. The number of anilines is 2. The summed E-state index contributed by atoms with van der Waals surface area (Å²) in [7, 11) is 1.71. The number of fused-ring (bicyclic) bond motifs is 2. The minimum Gasteiger partial charge on any atom is -0.396 e. The summed E-state index contributed by atoms with van der Waals surface area (Å²) >= 11 is 0. The highest BCUT2D eigenvalue weighted by atomic mass is 16.5. The van der Waals surface area contributed by atoms with Crippen molar-refractivity contribution in [1.82, 2.24) is 34.5 Å². The lowest BCUT2D eigenvalue weighted by Gasteiger charge is -2.34. The van der Waals surface area contributed by atoms with Crippen molar-refractivity contribution in [1.29, 1.82) is 0 Å². The predicted octanol–water partition coefficient (Wildman–Crippen LogP) is 2.37. The summed E-state index contributed by atoms with van der Waals surface area (Å²) in [5, 5.41) is 18.4. The van der Waals surface area contributed by atoms with Gasteiger partial charge < -0.3 is 25.8 Å². The van der Waals surface area contributed by atoms with Gasteiger partial charge in [-0.15, -0.1) is 0 Å². The summed E-state index contributed by atoms with van der Waals surface area (Å²) in [4.78, 5) is 31.4. The molecule has 1 aliphatic rings. The van der Waals surface area contributed by atoms with Crippen LogP contribution in [-0.2, 0) is 11.3 Å². The average Bonchev–Trinajstić information content (AvgIpc) is 3.38. The van der Waals surface area contributed by atoms with E-state index in [-0.39, 0.29) is 24.5 Å². The van der Waals surface area contributed by atoms with Crippen LogP contribution in [0.25, 0.3) is 21.9 Å². The minimum absolute atomic E-state index is 0.0201. The van der Waals surface area contributed by atoms with Gasteiger partial charge in [-0.05, 0) is 30.5 Å². The number of aromatic nitrogens is 5. The lowest BCUT2D eigenvalue weighted by molar-refractivity contribution is 0.0596. The average molecular weight is 562 g/mol. The fourth-order valence-electron chi connectivity index (χ4n) is 5.50. The number of piperazine rings is 1. The van der Waals surface area contributed by atoms with E-state index in [1.54, 1.807) is 19.5 Å². The van der Waals surface area contributed by atoms with Crippen LogP contribution in [0.3, 0.4) is 0 Å². The number of nitrogens with one attached hydrogen (secondary N) is 1. The summed E-state index contributed by atoms with van der Waals surface area (Å²) in [6.45, 7) is 7.17. The van der Waals surface area contributed by atoms with E-state index < -0.39 is 0 Å². The second-order valence-corrected chi connectivity index (χ2v) is 10.4. The monoisotopic (exact) mass is 561 g/mol. The van der Waals surface area contributed by atoms with Crippen molar-refractivity contribution in [2.45, 2.75) is 38.8 Å². The van der Waals surface area contributed by atoms with Crippen LogP contribution in [0, 0.1) is 0 Å². The van der Waals surface area contributed by atoms with Crippen LogP contribution in [-0.4, -0.2) is 105 Å². The first-order chi connectivity index (χ1) is 20.0. The third-order valence-electron chi connectivity index (χ3n) is 7.64. The van der Waals surface area contributed by atoms with Gasteiger partial charge in [-0.25, -0.2) is 4.98 Å².